The van der Waals surface area contributed by atoms with E-state index in [1.54, 1.807) is 6.07 Å². The summed E-state index contributed by atoms with van der Waals surface area (Å²) in [6.07, 6.45) is -2.41. The van der Waals surface area contributed by atoms with E-state index in [0.717, 1.165) is 10.6 Å². The summed E-state index contributed by atoms with van der Waals surface area (Å²) in [6.45, 7) is 1.26. The van der Waals surface area contributed by atoms with Crippen LogP contribution in [0.15, 0.2) is 30.7 Å². The molecule has 4 heterocycles. The molecule has 1 saturated heterocycles. The topological polar surface area (TPSA) is 92.2 Å². The molecule has 0 spiro atoms. The summed E-state index contributed by atoms with van der Waals surface area (Å²) in [7, 11) is 0. The van der Waals surface area contributed by atoms with Crippen molar-refractivity contribution in [2.24, 2.45) is 0 Å². The molecule has 1 atom stereocenters. The van der Waals surface area contributed by atoms with Gasteiger partial charge in [-0.2, -0.15) is 23.5 Å². The van der Waals surface area contributed by atoms with Crippen molar-refractivity contribution >= 4 is 11.5 Å². The van der Waals surface area contributed by atoms with Gasteiger partial charge < -0.3 is 9.64 Å². The lowest BCUT2D eigenvalue weighted by atomic mass is 10.2. The summed E-state index contributed by atoms with van der Waals surface area (Å²) in [5.41, 5.74) is -0.0631. The van der Waals surface area contributed by atoms with Gasteiger partial charge in [0.2, 0.25) is 0 Å². The molecule has 8 nitrogen and oxygen atoms in total. The average Bonchev–Trinajstić information content (AvgIpc) is 3.11. The van der Waals surface area contributed by atoms with Gasteiger partial charge in [0.15, 0.2) is 17.4 Å². The Morgan fingerprint density at radius 2 is 2.07 bits per heavy atom. The maximum atomic E-state index is 13.0. The number of alkyl halides is 3. The zero-order valence-corrected chi connectivity index (χ0v) is 13.8. The van der Waals surface area contributed by atoms with Crippen LogP contribution >= 0.6 is 0 Å². The van der Waals surface area contributed by atoms with E-state index < -0.39 is 18.0 Å². The summed E-state index contributed by atoms with van der Waals surface area (Å²) < 4.78 is 45.3. The summed E-state index contributed by atoms with van der Waals surface area (Å²) in [6, 6.07) is 5.82. The van der Waals surface area contributed by atoms with Gasteiger partial charge in [0.1, 0.15) is 17.8 Å². The normalized spacial score (nSPS) is 17.9. The summed E-state index contributed by atoms with van der Waals surface area (Å²) in [4.78, 5) is 14.3. The number of morpholine rings is 1. The number of fused-ring (bicyclic) bond motifs is 1. The van der Waals surface area contributed by atoms with Crippen LogP contribution < -0.4 is 4.90 Å². The van der Waals surface area contributed by atoms with Crippen LogP contribution in [0.25, 0.3) is 17.0 Å². The Morgan fingerprint density at radius 1 is 1.22 bits per heavy atom. The number of anilines is 1. The lowest BCUT2D eigenvalue weighted by molar-refractivity contribution is -0.141. The highest BCUT2D eigenvalue weighted by Crippen LogP contribution is 2.29. The van der Waals surface area contributed by atoms with Crippen LogP contribution in [0.3, 0.4) is 0 Å². The maximum Gasteiger partial charge on any atom is 0.435 e. The fraction of sp³-hybridized carbons (Fsp3) is 0.312. The Morgan fingerprint density at radius 3 is 2.85 bits per heavy atom. The van der Waals surface area contributed by atoms with Gasteiger partial charge >= 0.3 is 6.18 Å². The number of ether oxygens (including phenoxy) is 1. The van der Waals surface area contributed by atoms with Crippen LogP contribution in [-0.2, 0) is 10.9 Å². The first kappa shape index (κ1) is 17.2. The third-order valence-electron chi connectivity index (χ3n) is 4.10. The lowest BCUT2D eigenvalue weighted by Gasteiger charge is -2.30. The highest BCUT2D eigenvalue weighted by molar-refractivity contribution is 5.62. The van der Waals surface area contributed by atoms with Crippen LogP contribution in [-0.4, -0.2) is 50.4 Å². The molecule has 0 radical (unpaired) electrons. The average molecular weight is 375 g/mol. The number of halogens is 3. The van der Waals surface area contributed by atoms with Crippen LogP contribution in [0, 0.1) is 11.3 Å². The van der Waals surface area contributed by atoms with E-state index in [9.17, 15) is 13.2 Å². The molecule has 0 N–H and O–H groups in total. The van der Waals surface area contributed by atoms with Gasteiger partial charge in [0.25, 0.3) is 0 Å². The van der Waals surface area contributed by atoms with Gasteiger partial charge in [-0.25, -0.2) is 19.5 Å². The zero-order valence-electron chi connectivity index (χ0n) is 13.8. The molecule has 11 heteroatoms. The molecule has 1 aliphatic heterocycles. The highest BCUT2D eigenvalue weighted by Gasteiger charge is 2.33. The molecule has 4 rings (SSSR count). The molecule has 0 bridgehead atoms. The molecule has 1 fully saturated rings. The molecule has 1 aliphatic rings. The van der Waals surface area contributed by atoms with Crippen molar-refractivity contribution < 1.29 is 17.9 Å². The molecule has 27 heavy (non-hydrogen) atoms. The quantitative estimate of drug-likeness (QED) is 0.676. The number of hydrogen-bond donors (Lipinski definition) is 0. The van der Waals surface area contributed by atoms with Gasteiger partial charge in [0.05, 0.1) is 31.1 Å². The number of hydrogen-bond acceptors (Lipinski definition) is 7. The first-order chi connectivity index (χ1) is 13.0. The van der Waals surface area contributed by atoms with Crippen LogP contribution in [0.2, 0.25) is 0 Å². The number of nitrogens with zero attached hydrogens (tertiary/aromatic N) is 7. The van der Waals surface area contributed by atoms with E-state index in [2.05, 4.69) is 26.1 Å². The second-order valence-corrected chi connectivity index (χ2v) is 5.83. The largest absolute Gasteiger partial charge is 0.435 e. The van der Waals surface area contributed by atoms with E-state index in [1.165, 1.54) is 18.6 Å². The summed E-state index contributed by atoms with van der Waals surface area (Å²) in [5.74, 6) is 0.547. The lowest BCUT2D eigenvalue weighted by Crippen LogP contribution is -2.42. The van der Waals surface area contributed by atoms with Crippen LogP contribution in [0.4, 0.5) is 19.0 Å². The number of aromatic nitrogens is 5. The summed E-state index contributed by atoms with van der Waals surface area (Å²) >= 11 is 0. The third kappa shape index (κ3) is 3.26. The SMILES string of the molecule is N#CC1CN(c2cc(-c3cnc4ccc(C(F)(F)F)nn34)ncn2)CCO1. The minimum atomic E-state index is -4.56. The second kappa shape index (κ2) is 6.48. The predicted molar refractivity (Wildman–Crippen MR) is 86.6 cm³/mol. The van der Waals surface area contributed by atoms with Crippen molar-refractivity contribution in [2.45, 2.75) is 12.3 Å². The predicted octanol–water partition coefficient (Wildman–Crippen LogP) is 1.93. The van der Waals surface area contributed by atoms with Gasteiger partial charge in [0, 0.05) is 12.6 Å². The maximum absolute atomic E-state index is 13.0. The number of imidazole rings is 1. The van der Waals surface area contributed by atoms with Crippen molar-refractivity contribution in [3.63, 3.8) is 0 Å². The smallest absolute Gasteiger partial charge is 0.360 e. The minimum Gasteiger partial charge on any atom is -0.360 e. The van der Waals surface area contributed by atoms with Gasteiger partial charge in [-0.15, -0.1) is 0 Å². The number of nitriles is 1. The molecule has 0 saturated carbocycles. The fourth-order valence-electron chi connectivity index (χ4n) is 2.79. The van der Waals surface area contributed by atoms with Crippen molar-refractivity contribution in [3.05, 3.63) is 36.4 Å². The van der Waals surface area contributed by atoms with Gasteiger partial charge in [-0.05, 0) is 12.1 Å². The monoisotopic (exact) mass is 375 g/mol. The Bertz CT molecular complexity index is 1030. The standard InChI is InChI=1S/C16H12F3N7O/c17-16(18,19)13-1-2-14-21-7-12(26(14)24-13)11-5-15(23-9-22-11)25-3-4-27-10(6-20)8-25/h1-2,5,7,9-10H,3-4,8H2. The van der Waals surface area contributed by atoms with E-state index >= 15 is 0 Å². The Kier molecular flexibility index (Phi) is 4.12. The van der Waals surface area contributed by atoms with Crippen molar-refractivity contribution in [3.8, 4) is 17.5 Å². The van der Waals surface area contributed by atoms with E-state index in [1.807, 2.05) is 4.90 Å². The Labute approximate surface area is 150 Å². The molecule has 3 aromatic rings. The first-order valence-corrected chi connectivity index (χ1v) is 7.96. The van der Waals surface area contributed by atoms with Crippen molar-refractivity contribution in [2.75, 3.05) is 24.6 Å². The molecule has 0 aliphatic carbocycles. The van der Waals surface area contributed by atoms with E-state index in [4.69, 9.17) is 10.00 Å². The number of rotatable bonds is 2. The highest BCUT2D eigenvalue weighted by atomic mass is 19.4. The second-order valence-electron chi connectivity index (χ2n) is 5.83. The minimum absolute atomic E-state index is 0.272. The Hall–Kier alpha value is -3.26. The fourth-order valence-corrected chi connectivity index (χ4v) is 2.79. The zero-order chi connectivity index (χ0) is 19.0. The van der Waals surface area contributed by atoms with Crippen molar-refractivity contribution in [1.29, 1.82) is 5.26 Å². The van der Waals surface area contributed by atoms with Gasteiger partial charge in [-0.3, -0.25) is 0 Å². The van der Waals surface area contributed by atoms with Crippen molar-refractivity contribution in [1.82, 2.24) is 24.6 Å². The molecule has 1 unspecified atom stereocenters. The molecule has 0 amide bonds. The molecular weight excluding hydrogens is 363 g/mol. The van der Waals surface area contributed by atoms with Crippen LogP contribution in [0.1, 0.15) is 5.69 Å². The Balaban J connectivity index is 1.73. The molecule has 138 valence electrons. The van der Waals surface area contributed by atoms with E-state index in [0.29, 0.717) is 36.9 Å². The van der Waals surface area contributed by atoms with Crippen LogP contribution in [0.5, 0.6) is 0 Å². The molecule has 0 aromatic carbocycles. The molecule has 3 aromatic heterocycles. The van der Waals surface area contributed by atoms with Gasteiger partial charge in [-0.1, -0.05) is 0 Å². The first-order valence-electron chi connectivity index (χ1n) is 7.96. The summed E-state index contributed by atoms with van der Waals surface area (Å²) in [5, 5.41) is 12.7. The third-order valence-corrected chi connectivity index (χ3v) is 4.10. The molecular formula is C16H12F3N7O. The van der Waals surface area contributed by atoms with E-state index in [-0.39, 0.29) is 5.65 Å².